The lowest BCUT2D eigenvalue weighted by Gasteiger charge is -2.16. The zero-order valence-corrected chi connectivity index (χ0v) is 11.6. The highest BCUT2D eigenvalue weighted by Gasteiger charge is 2.21. The van der Waals surface area contributed by atoms with Crippen LogP contribution in [0.25, 0.3) is 10.9 Å². The van der Waals surface area contributed by atoms with Crippen molar-refractivity contribution >= 4 is 16.8 Å². The molecule has 20 heavy (non-hydrogen) atoms. The summed E-state index contributed by atoms with van der Waals surface area (Å²) in [7, 11) is 0. The number of carbonyl (C=O) groups excluding carboxylic acids is 1. The molecule has 1 heterocycles. The van der Waals surface area contributed by atoms with Crippen LogP contribution in [0, 0.1) is 0 Å². The van der Waals surface area contributed by atoms with Crippen LogP contribution < -0.4 is 11.1 Å². The molecule has 1 aliphatic carbocycles. The van der Waals surface area contributed by atoms with Crippen molar-refractivity contribution in [1.82, 2.24) is 10.3 Å². The maximum Gasteiger partial charge on any atom is 0.237 e. The predicted octanol–water partition coefficient (Wildman–Crippen LogP) is 2.10. The Labute approximate surface area is 118 Å². The zero-order valence-electron chi connectivity index (χ0n) is 11.6. The van der Waals surface area contributed by atoms with Gasteiger partial charge in [-0.25, -0.2) is 0 Å². The van der Waals surface area contributed by atoms with E-state index in [4.69, 9.17) is 5.73 Å². The van der Waals surface area contributed by atoms with Crippen molar-refractivity contribution in [2.75, 3.05) is 0 Å². The van der Waals surface area contributed by atoms with E-state index in [2.05, 4.69) is 16.4 Å². The minimum atomic E-state index is -0.477. The minimum Gasteiger partial charge on any atom is -0.361 e. The Morgan fingerprint density at radius 2 is 2.10 bits per heavy atom. The van der Waals surface area contributed by atoms with Crippen molar-refractivity contribution in [3.63, 3.8) is 0 Å². The summed E-state index contributed by atoms with van der Waals surface area (Å²) in [5, 5.41) is 4.21. The van der Waals surface area contributed by atoms with E-state index in [1.54, 1.807) is 0 Å². The van der Waals surface area contributed by atoms with Crippen LogP contribution in [0.2, 0.25) is 0 Å². The molecule has 0 radical (unpaired) electrons. The second-order valence-electron chi connectivity index (χ2n) is 5.66. The van der Waals surface area contributed by atoms with Crippen molar-refractivity contribution in [3.05, 3.63) is 36.0 Å². The van der Waals surface area contributed by atoms with E-state index in [9.17, 15) is 4.79 Å². The zero-order chi connectivity index (χ0) is 13.9. The first-order valence-electron chi connectivity index (χ1n) is 7.35. The Bertz CT molecular complexity index is 599. The van der Waals surface area contributed by atoms with Gasteiger partial charge in [0.1, 0.15) is 0 Å². The van der Waals surface area contributed by atoms with Crippen molar-refractivity contribution in [2.24, 2.45) is 5.73 Å². The van der Waals surface area contributed by atoms with Crippen molar-refractivity contribution < 1.29 is 4.79 Å². The molecule has 106 valence electrons. The molecule has 4 heteroatoms. The Kier molecular flexibility index (Phi) is 3.74. The number of hydrogen-bond donors (Lipinski definition) is 3. The highest BCUT2D eigenvalue weighted by atomic mass is 16.2. The smallest absolute Gasteiger partial charge is 0.237 e. The highest BCUT2D eigenvalue weighted by Crippen LogP contribution is 2.20. The van der Waals surface area contributed by atoms with E-state index in [0.29, 0.717) is 12.5 Å². The van der Waals surface area contributed by atoms with E-state index >= 15 is 0 Å². The molecular weight excluding hydrogens is 250 g/mol. The first kappa shape index (κ1) is 13.2. The van der Waals surface area contributed by atoms with Gasteiger partial charge in [0.2, 0.25) is 5.91 Å². The average molecular weight is 271 g/mol. The third kappa shape index (κ3) is 2.70. The van der Waals surface area contributed by atoms with Crippen LogP contribution in [0.15, 0.2) is 30.5 Å². The van der Waals surface area contributed by atoms with Gasteiger partial charge in [-0.1, -0.05) is 31.0 Å². The topological polar surface area (TPSA) is 70.9 Å². The minimum absolute atomic E-state index is 0.0258. The summed E-state index contributed by atoms with van der Waals surface area (Å²) >= 11 is 0. The SMILES string of the molecule is N[C@@H](Cc1c[nH]c2ccccc12)C(=O)NC1CCCC1. The number of carbonyl (C=O) groups is 1. The molecule has 1 atom stereocenters. The van der Waals surface area contributed by atoms with E-state index in [0.717, 1.165) is 29.3 Å². The molecule has 1 fully saturated rings. The van der Waals surface area contributed by atoms with Gasteiger partial charge in [-0.3, -0.25) is 4.79 Å². The maximum absolute atomic E-state index is 12.1. The highest BCUT2D eigenvalue weighted by molar-refractivity contribution is 5.86. The van der Waals surface area contributed by atoms with Gasteiger partial charge in [0.25, 0.3) is 0 Å². The van der Waals surface area contributed by atoms with Gasteiger partial charge < -0.3 is 16.0 Å². The molecule has 1 aromatic heterocycles. The summed E-state index contributed by atoms with van der Waals surface area (Å²) in [6.07, 6.45) is 7.12. The molecule has 1 amide bonds. The summed E-state index contributed by atoms with van der Waals surface area (Å²) in [5.41, 5.74) is 8.25. The summed E-state index contributed by atoms with van der Waals surface area (Å²) in [4.78, 5) is 15.3. The number of para-hydroxylation sites is 1. The quantitative estimate of drug-likeness (QED) is 0.797. The lowest BCUT2D eigenvalue weighted by Crippen LogP contribution is -2.45. The molecule has 1 saturated carbocycles. The Morgan fingerprint density at radius 1 is 1.35 bits per heavy atom. The number of aromatic nitrogens is 1. The van der Waals surface area contributed by atoms with Gasteiger partial charge in [0.15, 0.2) is 0 Å². The molecule has 1 aliphatic rings. The van der Waals surface area contributed by atoms with Gasteiger partial charge in [0.05, 0.1) is 6.04 Å². The van der Waals surface area contributed by atoms with E-state index in [1.807, 2.05) is 24.4 Å². The number of benzene rings is 1. The lowest BCUT2D eigenvalue weighted by atomic mass is 10.0. The largest absolute Gasteiger partial charge is 0.361 e. The van der Waals surface area contributed by atoms with Crippen LogP contribution in [-0.2, 0) is 11.2 Å². The standard InChI is InChI=1S/C16H21N3O/c17-14(16(20)19-12-5-1-2-6-12)9-11-10-18-15-8-4-3-7-13(11)15/h3-4,7-8,10,12,14,18H,1-2,5-6,9,17H2,(H,19,20)/t14-/m0/s1. The van der Waals surface area contributed by atoms with Crippen LogP contribution in [0.4, 0.5) is 0 Å². The van der Waals surface area contributed by atoms with Crippen LogP contribution in [0.5, 0.6) is 0 Å². The molecule has 0 aliphatic heterocycles. The third-order valence-corrected chi connectivity index (χ3v) is 4.15. The Hall–Kier alpha value is -1.81. The Balaban J connectivity index is 1.65. The number of H-pyrrole nitrogens is 1. The van der Waals surface area contributed by atoms with Crippen molar-refractivity contribution in [2.45, 2.75) is 44.2 Å². The summed E-state index contributed by atoms with van der Waals surface area (Å²) in [5.74, 6) is -0.0258. The molecule has 4 nitrogen and oxygen atoms in total. The number of hydrogen-bond acceptors (Lipinski definition) is 2. The molecule has 0 bridgehead atoms. The molecule has 0 saturated heterocycles. The fraction of sp³-hybridized carbons (Fsp3) is 0.438. The second-order valence-corrected chi connectivity index (χ2v) is 5.66. The summed E-state index contributed by atoms with van der Waals surface area (Å²) in [6.45, 7) is 0. The molecule has 2 aromatic rings. The van der Waals surface area contributed by atoms with E-state index in [1.165, 1.54) is 12.8 Å². The summed E-state index contributed by atoms with van der Waals surface area (Å²) in [6, 6.07) is 7.94. The number of amides is 1. The van der Waals surface area contributed by atoms with Crippen molar-refractivity contribution in [1.29, 1.82) is 0 Å². The fourth-order valence-corrected chi connectivity index (χ4v) is 3.01. The van der Waals surface area contributed by atoms with Crippen molar-refractivity contribution in [3.8, 4) is 0 Å². The predicted molar refractivity (Wildman–Crippen MR) is 80.4 cm³/mol. The van der Waals surface area contributed by atoms with Gasteiger partial charge in [-0.2, -0.15) is 0 Å². The molecule has 3 rings (SSSR count). The van der Waals surface area contributed by atoms with Crippen LogP contribution >= 0.6 is 0 Å². The molecule has 0 unspecified atom stereocenters. The van der Waals surface area contributed by atoms with Gasteiger partial charge in [-0.15, -0.1) is 0 Å². The molecular formula is C16H21N3O. The molecule has 0 spiro atoms. The molecule has 1 aromatic carbocycles. The monoisotopic (exact) mass is 271 g/mol. The first-order chi connectivity index (χ1) is 9.74. The first-order valence-corrected chi connectivity index (χ1v) is 7.35. The lowest BCUT2D eigenvalue weighted by molar-refractivity contribution is -0.123. The summed E-state index contributed by atoms with van der Waals surface area (Å²) < 4.78 is 0. The Morgan fingerprint density at radius 3 is 2.90 bits per heavy atom. The van der Waals surface area contributed by atoms with Gasteiger partial charge in [-0.05, 0) is 30.9 Å². The van der Waals surface area contributed by atoms with E-state index in [-0.39, 0.29) is 5.91 Å². The number of rotatable bonds is 4. The molecule has 4 N–H and O–H groups in total. The number of nitrogens with one attached hydrogen (secondary N) is 2. The van der Waals surface area contributed by atoms with E-state index < -0.39 is 6.04 Å². The number of fused-ring (bicyclic) bond motifs is 1. The number of nitrogens with two attached hydrogens (primary N) is 1. The number of aromatic amines is 1. The maximum atomic E-state index is 12.1. The fourth-order valence-electron chi connectivity index (χ4n) is 3.01. The van der Waals surface area contributed by atoms with Crippen LogP contribution in [0.3, 0.4) is 0 Å². The van der Waals surface area contributed by atoms with Crippen LogP contribution in [0.1, 0.15) is 31.2 Å². The average Bonchev–Trinajstić information content (AvgIpc) is 3.09. The van der Waals surface area contributed by atoms with Gasteiger partial charge >= 0.3 is 0 Å². The van der Waals surface area contributed by atoms with Gasteiger partial charge in [0, 0.05) is 23.1 Å². The van der Waals surface area contributed by atoms with Crippen LogP contribution in [-0.4, -0.2) is 23.0 Å². The third-order valence-electron chi connectivity index (χ3n) is 4.15. The normalized spacial score (nSPS) is 17.4. The second kappa shape index (κ2) is 5.67.